The Morgan fingerprint density at radius 1 is 1.35 bits per heavy atom. The molecule has 136 valence electrons. The number of imidazole rings is 1. The molecule has 8 nitrogen and oxygen atoms in total. The van der Waals surface area contributed by atoms with Gasteiger partial charge < -0.3 is 19.7 Å². The Labute approximate surface area is 150 Å². The molecular weight excluding hydrogens is 334 g/mol. The van der Waals surface area contributed by atoms with Gasteiger partial charge in [0.05, 0.1) is 25.5 Å². The highest BCUT2D eigenvalue weighted by Gasteiger charge is 2.36. The van der Waals surface area contributed by atoms with Crippen molar-refractivity contribution in [1.82, 2.24) is 24.5 Å². The van der Waals surface area contributed by atoms with Gasteiger partial charge in [0.25, 0.3) is 5.91 Å². The van der Waals surface area contributed by atoms with Gasteiger partial charge in [-0.1, -0.05) is 6.07 Å². The number of rotatable bonds is 5. The Kier molecular flexibility index (Phi) is 4.12. The Hall–Kier alpha value is -2.87. The first kappa shape index (κ1) is 16.6. The van der Waals surface area contributed by atoms with E-state index >= 15 is 0 Å². The van der Waals surface area contributed by atoms with Crippen LogP contribution in [0.3, 0.4) is 0 Å². The van der Waals surface area contributed by atoms with Crippen LogP contribution < -0.4 is 10.1 Å². The molecule has 1 amide bonds. The summed E-state index contributed by atoms with van der Waals surface area (Å²) >= 11 is 0. The summed E-state index contributed by atoms with van der Waals surface area (Å²) in [6, 6.07) is 3.45. The van der Waals surface area contributed by atoms with Crippen molar-refractivity contribution in [2.75, 3.05) is 7.11 Å². The van der Waals surface area contributed by atoms with E-state index in [9.17, 15) is 9.90 Å². The Bertz CT molecular complexity index is 924. The molecule has 4 rings (SSSR count). The smallest absolute Gasteiger partial charge is 0.257 e. The second-order valence-corrected chi connectivity index (χ2v) is 6.71. The number of hydrogen-bond acceptors (Lipinski definition) is 5. The standard InChI is InChI=1S/C18H21N5O3/c1-22-5-6-23-18(22)14(10-20-23)17(25)21-16(12-7-13(24)8-12)11-3-4-15(26-2)19-9-11/h3-6,9-10,12-13,16,24H,7-8H2,1-2H3,(H,21,25)/t12?,13?,16-/m0/s1. The highest BCUT2D eigenvalue weighted by atomic mass is 16.5. The Morgan fingerprint density at radius 3 is 2.81 bits per heavy atom. The van der Waals surface area contributed by atoms with E-state index in [4.69, 9.17) is 4.74 Å². The first-order chi connectivity index (χ1) is 12.6. The van der Waals surface area contributed by atoms with Crippen molar-refractivity contribution in [3.8, 4) is 5.88 Å². The first-order valence-corrected chi connectivity index (χ1v) is 8.54. The van der Waals surface area contributed by atoms with Crippen molar-refractivity contribution in [2.24, 2.45) is 13.0 Å². The van der Waals surface area contributed by atoms with Crippen LogP contribution in [0.4, 0.5) is 0 Å². The monoisotopic (exact) mass is 355 g/mol. The molecule has 3 aromatic rings. The van der Waals surface area contributed by atoms with E-state index in [0.717, 1.165) is 11.2 Å². The zero-order valence-corrected chi connectivity index (χ0v) is 14.7. The normalized spacial score (nSPS) is 20.6. The number of carbonyl (C=O) groups is 1. The van der Waals surface area contributed by atoms with Crippen molar-refractivity contribution in [2.45, 2.75) is 25.0 Å². The quantitative estimate of drug-likeness (QED) is 0.720. The number of carbonyl (C=O) groups excluding carboxylic acids is 1. The molecular formula is C18H21N5O3. The first-order valence-electron chi connectivity index (χ1n) is 8.54. The number of nitrogens with one attached hydrogen (secondary N) is 1. The minimum atomic E-state index is -0.304. The van der Waals surface area contributed by atoms with Gasteiger partial charge in [-0.3, -0.25) is 4.79 Å². The van der Waals surface area contributed by atoms with Crippen molar-refractivity contribution in [3.05, 3.63) is 48.0 Å². The predicted molar refractivity (Wildman–Crippen MR) is 93.9 cm³/mol. The van der Waals surface area contributed by atoms with E-state index in [1.807, 2.05) is 23.9 Å². The van der Waals surface area contributed by atoms with Crippen molar-refractivity contribution < 1.29 is 14.6 Å². The maximum atomic E-state index is 12.9. The number of nitrogens with zero attached hydrogens (tertiary/aromatic N) is 4. The van der Waals surface area contributed by atoms with Gasteiger partial charge in [-0.05, 0) is 24.3 Å². The highest BCUT2D eigenvalue weighted by molar-refractivity contribution is 6.00. The third kappa shape index (κ3) is 2.82. The van der Waals surface area contributed by atoms with Crippen LogP contribution >= 0.6 is 0 Å². The van der Waals surface area contributed by atoms with Crippen LogP contribution in [0.25, 0.3) is 5.65 Å². The molecule has 1 aliphatic rings. The van der Waals surface area contributed by atoms with Gasteiger partial charge in [0, 0.05) is 31.7 Å². The van der Waals surface area contributed by atoms with Crippen LogP contribution in [-0.2, 0) is 7.05 Å². The lowest BCUT2D eigenvalue weighted by Gasteiger charge is -2.38. The summed E-state index contributed by atoms with van der Waals surface area (Å²) in [5, 5.41) is 17.0. The lowest BCUT2D eigenvalue weighted by atomic mass is 9.75. The minimum absolute atomic E-state index is 0.170. The maximum Gasteiger partial charge on any atom is 0.257 e. The number of hydrogen-bond donors (Lipinski definition) is 2. The molecule has 3 aromatic heterocycles. The van der Waals surface area contributed by atoms with Crippen LogP contribution in [0.2, 0.25) is 0 Å². The Morgan fingerprint density at radius 2 is 2.15 bits per heavy atom. The summed E-state index contributed by atoms with van der Waals surface area (Å²) in [7, 11) is 3.44. The summed E-state index contributed by atoms with van der Waals surface area (Å²) in [6.07, 6.45) is 7.95. The molecule has 0 spiro atoms. The second-order valence-electron chi connectivity index (χ2n) is 6.71. The molecule has 2 N–H and O–H groups in total. The number of aryl methyl sites for hydroxylation is 1. The number of fused-ring (bicyclic) bond motifs is 1. The molecule has 0 saturated heterocycles. The van der Waals surface area contributed by atoms with E-state index in [0.29, 0.717) is 24.3 Å². The zero-order valence-electron chi connectivity index (χ0n) is 14.7. The van der Waals surface area contributed by atoms with Crippen LogP contribution in [0, 0.1) is 5.92 Å². The van der Waals surface area contributed by atoms with E-state index in [2.05, 4.69) is 15.4 Å². The Balaban J connectivity index is 1.61. The average molecular weight is 355 g/mol. The molecule has 0 aliphatic heterocycles. The van der Waals surface area contributed by atoms with E-state index in [1.54, 1.807) is 36.3 Å². The average Bonchev–Trinajstić information content (AvgIpc) is 3.20. The van der Waals surface area contributed by atoms with Crippen molar-refractivity contribution >= 4 is 11.6 Å². The fourth-order valence-electron chi connectivity index (χ4n) is 3.50. The summed E-state index contributed by atoms with van der Waals surface area (Å²) in [5.74, 6) is 0.502. The van der Waals surface area contributed by atoms with Crippen molar-refractivity contribution in [1.29, 1.82) is 0 Å². The van der Waals surface area contributed by atoms with E-state index < -0.39 is 0 Å². The van der Waals surface area contributed by atoms with Gasteiger partial charge in [-0.25, -0.2) is 9.50 Å². The molecule has 3 heterocycles. The largest absolute Gasteiger partial charge is 0.481 e. The molecule has 0 radical (unpaired) electrons. The molecule has 8 heteroatoms. The summed E-state index contributed by atoms with van der Waals surface area (Å²) in [4.78, 5) is 17.2. The molecule has 0 aromatic carbocycles. The highest BCUT2D eigenvalue weighted by Crippen LogP contribution is 2.38. The van der Waals surface area contributed by atoms with E-state index in [-0.39, 0.29) is 24.0 Å². The predicted octanol–water partition coefficient (Wildman–Crippen LogP) is 1.32. The number of aliphatic hydroxyl groups excluding tert-OH is 1. The van der Waals surface area contributed by atoms with Crippen LogP contribution in [0.15, 0.2) is 36.9 Å². The van der Waals surface area contributed by atoms with E-state index in [1.165, 1.54) is 0 Å². The molecule has 1 saturated carbocycles. The number of aliphatic hydroxyl groups is 1. The topological polar surface area (TPSA) is 93.7 Å². The fraction of sp³-hybridized carbons (Fsp3) is 0.389. The van der Waals surface area contributed by atoms with Gasteiger partial charge in [-0.15, -0.1) is 0 Å². The maximum absolute atomic E-state index is 12.9. The van der Waals surface area contributed by atoms with Gasteiger partial charge in [0.1, 0.15) is 11.2 Å². The number of amides is 1. The van der Waals surface area contributed by atoms with Crippen LogP contribution in [-0.4, -0.2) is 43.4 Å². The molecule has 1 aliphatic carbocycles. The third-order valence-corrected chi connectivity index (χ3v) is 5.01. The number of ether oxygens (including phenoxy) is 1. The van der Waals surface area contributed by atoms with Crippen LogP contribution in [0.1, 0.15) is 34.8 Å². The second kappa shape index (κ2) is 6.45. The lowest BCUT2D eigenvalue weighted by Crippen LogP contribution is -2.41. The lowest BCUT2D eigenvalue weighted by molar-refractivity contribution is 0.0234. The molecule has 26 heavy (non-hydrogen) atoms. The zero-order chi connectivity index (χ0) is 18.3. The SMILES string of the molecule is COc1ccc([C@H](NC(=O)c2cnn3ccn(C)c23)C2CC(O)C2)cn1. The summed E-state index contributed by atoms with van der Waals surface area (Å²) < 4.78 is 8.64. The van der Waals surface area contributed by atoms with Gasteiger partial charge in [0.15, 0.2) is 0 Å². The third-order valence-electron chi connectivity index (χ3n) is 5.01. The summed E-state index contributed by atoms with van der Waals surface area (Å²) in [5.41, 5.74) is 2.15. The minimum Gasteiger partial charge on any atom is -0.481 e. The fourth-order valence-corrected chi connectivity index (χ4v) is 3.50. The molecule has 0 unspecified atom stereocenters. The van der Waals surface area contributed by atoms with Gasteiger partial charge >= 0.3 is 0 Å². The molecule has 0 bridgehead atoms. The van der Waals surface area contributed by atoms with Crippen LogP contribution in [0.5, 0.6) is 5.88 Å². The van der Waals surface area contributed by atoms with Gasteiger partial charge in [0.2, 0.25) is 5.88 Å². The number of pyridine rings is 1. The van der Waals surface area contributed by atoms with Gasteiger partial charge in [-0.2, -0.15) is 5.10 Å². The number of methoxy groups -OCH3 is 1. The van der Waals surface area contributed by atoms with Crippen molar-refractivity contribution in [3.63, 3.8) is 0 Å². The number of aromatic nitrogens is 4. The molecule has 1 atom stereocenters. The summed E-state index contributed by atoms with van der Waals surface area (Å²) in [6.45, 7) is 0. The molecule has 1 fully saturated rings.